The average Bonchev–Trinajstić information content (AvgIpc) is 3.47. The predicted molar refractivity (Wildman–Crippen MR) is 129 cm³/mol. The molecule has 2 amide bonds. The summed E-state index contributed by atoms with van der Waals surface area (Å²) in [5, 5.41) is 4.86. The van der Waals surface area contributed by atoms with Gasteiger partial charge in [0.05, 0.1) is 31.8 Å². The lowest BCUT2D eigenvalue weighted by Crippen LogP contribution is -2.47. The number of fused-ring (bicyclic) bond motifs is 1. The second kappa shape index (κ2) is 9.78. The lowest BCUT2D eigenvalue weighted by Gasteiger charge is -2.28. The molecular weight excluding hydrogens is 434 g/mol. The number of carbonyl (C=O) groups excluding carboxylic acids is 2. The molecule has 1 saturated heterocycles. The summed E-state index contributed by atoms with van der Waals surface area (Å²) < 4.78 is 17.5. The molecule has 3 atom stereocenters. The molecule has 184 valence electrons. The van der Waals surface area contributed by atoms with Gasteiger partial charge in [-0.25, -0.2) is 4.98 Å². The summed E-state index contributed by atoms with van der Waals surface area (Å²) in [7, 11) is 1.63. The molecule has 0 spiro atoms. The molecule has 8 heteroatoms. The van der Waals surface area contributed by atoms with E-state index >= 15 is 0 Å². The molecule has 1 N–H and O–H groups in total. The van der Waals surface area contributed by atoms with Crippen molar-refractivity contribution in [2.45, 2.75) is 83.3 Å². The number of methoxy groups -OCH3 is 1. The molecule has 1 aromatic carbocycles. The Morgan fingerprint density at radius 2 is 2.00 bits per heavy atom. The van der Waals surface area contributed by atoms with E-state index in [0.717, 1.165) is 29.4 Å². The highest BCUT2D eigenvalue weighted by Crippen LogP contribution is 2.31. The lowest BCUT2D eigenvalue weighted by molar-refractivity contribution is -0.142. The topological polar surface area (TPSA) is 90.0 Å². The monoisotopic (exact) mass is 469 g/mol. The third-order valence-electron chi connectivity index (χ3n) is 6.04. The Hall–Kier alpha value is -2.87. The standard InChI is InChI=1S/C26H35N3O5/c1-16(34-26(2,3)4)12-23(30)29-15-20(14-22(29)24(31)28-18-6-7-18)33-25-21-9-8-19(32-5)13-17(21)10-11-27-25/h8-11,13,16,18,20,22H,6-7,12,14-15H2,1-5H3,(H,28,31)/t16-,20-,22?/m1/s1. The zero-order valence-electron chi connectivity index (χ0n) is 20.7. The van der Waals surface area contributed by atoms with Crippen LogP contribution in [0.25, 0.3) is 10.8 Å². The Kier molecular flexibility index (Phi) is 6.98. The Balaban J connectivity index is 1.50. The summed E-state index contributed by atoms with van der Waals surface area (Å²) in [5.41, 5.74) is -0.345. The molecule has 2 aromatic rings. The largest absolute Gasteiger partial charge is 0.497 e. The van der Waals surface area contributed by atoms with E-state index in [1.54, 1.807) is 18.2 Å². The van der Waals surface area contributed by atoms with Crippen molar-refractivity contribution in [3.05, 3.63) is 30.5 Å². The van der Waals surface area contributed by atoms with Crippen molar-refractivity contribution in [2.75, 3.05) is 13.7 Å². The number of pyridine rings is 1. The highest BCUT2D eigenvalue weighted by atomic mass is 16.5. The van der Waals surface area contributed by atoms with Gasteiger partial charge in [0.25, 0.3) is 0 Å². The summed E-state index contributed by atoms with van der Waals surface area (Å²) in [5.74, 6) is 1.03. The molecule has 1 saturated carbocycles. The van der Waals surface area contributed by atoms with Crippen LogP contribution in [-0.4, -0.2) is 65.2 Å². The quantitative estimate of drug-likeness (QED) is 0.637. The molecule has 8 nitrogen and oxygen atoms in total. The third-order valence-corrected chi connectivity index (χ3v) is 6.04. The smallest absolute Gasteiger partial charge is 0.243 e. The maximum absolute atomic E-state index is 13.2. The van der Waals surface area contributed by atoms with Gasteiger partial charge >= 0.3 is 0 Å². The normalized spacial score (nSPS) is 21.4. The highest BCUT2D eigenvalue weighted by Gasteiger charge is 2.42. The summed E-state index contributed by atoms with van der Waals surface area (Å²) in [6.07, 6.45) is 3.72. The molecule has 4 rings (SSSR count). The fourth-order valence-electron chi connectivity index (χ4n) is 4.45. The fourth-order valence-corrected chi connectivity index (χ4v) is 4.45. The maximum Gasteiger partial charge on any atom is 0.243 e. The van der Waals surface area contributed by atoms with E-state index in [4.69, 9.17) is 14.2 Å². The van der Waals surface area contributed by atoms with Crippen LogP contribution in [0, 0.1) is 0 Å². The number of hydrogen-bond donors (Lipinski definition) is 1. The first kappa shape index (κ1) is 24.3. The molecular formula is C26H35N3O5. The summed E-state index contributed by atoms with van der Waals surface area (Å²) in [6, 6.07) is 7.27. The van der Waals surface area contributed by atoms with Crippen molar-refractivity contribution in [3.8, 4) is 11.6 Å². The van der Waals surface area contributed by atoms with Crippen molar-refractivity contribution in [2.24, 2.45) is 0 Å². The summed E-state index contributed by atoms with van der Waals surface area (Å²) in [4.78, 5) is 32.3. The number of nitrogens with zero attached hydrogens (tertiary/aromatic N) is 2. The predicted octanol–water partition coefficient (Wildman–Crippen LogP) is 3.46. The zero-order valence-corrected chi connectivity index (χ0v) is 20.7. The van der Waals surface area contributed by atoms with E-state index in [1.807, 2.05) is 52.0 Å². The van der Waals surface area contributed by atoms with Crippen LogP contribution in [0.1, 0.15) is 53.4 Å². The lowest BCUT2D eigenvalue weighted by atomic mass is 10.1. The molecule has 1 unspecified atom stereocenters. The Bertz CT molecular complexity index is 1050. The van der Waals surface area contributed by atoms with Crippen molar-refractivity contribution in [1.82, 2.24) is 15.2 Å². The van der Waals surface area contributed by atoms with Crippen LogP contribution in [0.5, 0.6) is 11.6 Å². The summed E-state index contributed by atoms with van der Waals surface area (Å²) in [6.45, 7) is 8.11. The minimum Gasteiger partial charge on any atom is -0.497 e. The van der Waals surface area contributed by atoms with E-state index in [2.05, 4.69) is 10.3 Å². The second-order valence-corrected chi connectivity index (χ2v) is 10.3. The van der Waals surface area contributed by atoms with Crippen LogP contribution in [0.3, 0.4) is 0 Å². The van der Waals surface area contributed by atoms with Crippen molar-refractivity contribution in [3.63, 3.8) is 0 Å². The van der Waals surface area contributed by atoms with Gasteiger partial charge in [-0.1, -0.05) is 0 Å². The van der Waals surface area contributed by atoms with Gasteiger partial charge in [-0.2, -0.15) is 0 Å². The van der Waals surface area contributed by atoms with Crippen molar-refractivity contribution < 1.29 is 23.8 Å². The van der Waals surface area contributed by atoms with Crippen LogP contribution in [-0.2, 0) is 14.3 Å². The minimum atomic E-state index is -0.560. The minimum absolute atomic E-state index is 0.102. The molecule has 1 aliphatic carbocycles. The average molecular weight is 470 g/mol. The highest BCUT2D eigenvalue weighted by molar-refractivity contribution is 5.89. The Morgan fingerprint density at radius 3 is 2.68 bits per heavy atom. The SMILES string of the molecule is COc1ccc2c(O[C@@H]3CC(C(=O)NC4CC4)N(C(=O)C[C@@H](C)OC(C)(C)C)C3)nccc2c1. The van der Waals surface area contributed by atoms with E-state index in [1.165, 1.54) is 0 Å². The van der Waals surface area contributed by atoms with Gasteiger partial charge in [-0.3, -0.25) is 9.59 Å². The van der Waals surface area contributed by atoms with Gasteiger partial charge in [-0.05, 0) is 70.2 Å². The van der Waals surface area contributed by atoms with Gasteiger partial charge in [-0.15, -0.1) is 0 Å². The van der Waals surface area contributed by atoms with E-state index in [-0.39, 0.29) is 42.1 Å². The van der Waals surface area contributed by atoms with Crippen LogP contribution in [0.4, 0.5) is 0 Å². The van der Waals surface area contributed by atoms with Crippen LogP contribution >= 0.6 is 0 Å². The first-order chi connectivity index (χ1) is 16.1. The van der Waals surface area contributed by atoms with Crippen molar-refractivity contribution in [1.29, 1.82) is 0 Å². The molecule has 2 fully saturated rings. The number of aromatic nitrogens is 1. The van der Waals surface area contributed by atoms with Crippen molar-refractivity contribution >= 4 is 22.6 Å². The first-order valence-electron chi connectivity index (χ1n) is 12.0. The van der Waals surface area contributed by atoms with E-state index in [0.29, 0.717) is 18.8 Å². The molecule has 0 bridgehead atoms. The number of nitrogens with one attached hydrogen (secondary N) is 1. The molecule has 2 heterocycles. The van der Waals surface area contributed by atoms with Gasteiger partial charge in [0.2, 0.25) is 17.7 Å². The number of ether oxygens (including phenoxy) is 3. The van der Waals surface area contributed by atoms with Crippen LogP contribution in [0.2, 0.25) is 0 Å². The van der Waals surface area contributed by atoms with Crippen LogP contribution < -0.4 is 14.8 Å². The molecule has 34 heavy (non-hydrogen) atoms. The third kappa shape index (κ3) is 5.97. The first-order valence-corrected chi connectivity index (χ1v) is 12.0. The van der Waals surface area contributed by atoms with E-state index < -0.39 is 6.04 Å². The molecule has 1 aromatic heterocycles. The number of benzene rings is 1. The van der Waals surface area contributed by atoms with Gasteiger partial charge in [0.15, 0.2) is 0 Å². The number of carbonyl (C=O) groups is 2. The summed E-state index contributed by atoms with van der Waals surface area (Å²) >= 11 is 0. The number of hydrogen-bond acceptors (Lipinski definition) is 6. The Labute approximate surface area is 200 Å². The number of amides is 2. The molecule has 2 aliphatic rings. The number of rotatable bonds is 8. The molecule has 0 radical (unpaired) electrons. The van der Waals surface area contributed by atoms with Crippen LogP contribution in [0.15, 0.2) is 30.5 Å². The van der Waals surface area contributed by atoms with E-state index in [9.17, 15) is 9.59 Å². The second-order valence-electron chi connectivity index (χ2n) is 10.3. The Morgan fingerprint density at radius 1 is 1.24 bits per heavy atom. The van der Waals surface area contributed by atoms with Gasteiger partial charge < -0.3 is 24.4 Å². The number of likely N-dealkylation sites (tertiary alicyclic amines) is 1. The van der Waals surface area contributed by atoms with Gasteiger partial charge in [0.1, 0.15) is 17.9 Å². The maximum atomic E-state index is 13.2. The fraction of sp³-hybridized carbons (Fsp3) is 0.577. The zero-order chi connectivity index (χ0) is 24.5. The van der Waals surface area contributed by atoms with Gasteiger partial charge in [0, 0.05) is 24.0 Å². The molecule has 1 aliphatic heterocycles.